The summed E-state index contributed by atoms with van der Waals surface area (Å²) < 4.78 is 37.1. The molecule has 2 aromatic carbocycles. The van der Waals surface area contributed by atoms with E-state index in [4.69, 9.17) is 9.29 Å². The van der Waals surface area contributed by atoms with Gasteiger partial charge in [0.15, 0.2) is 0 Å². The molecule has 0 aliphatic carbocycles. The van der Waals surface area contributed by atoms with Crippen LogP contribution < -0.4 is 4.74 Å². The topological polar surface area (TPSA) is 63.6 Å². The maximum atomic E-state index is 11.0. The van der Waals surface area contributed by atoms with Gasteiger partial charge in [-0.2, -0.15) is 8.42 Å². The van der Waals surface area contributed by atoms with Gasteiger partial charge in [0.1, 0.15) is 12.4 Å². The van der Waals surface area contributed by atoms with Crippen molar-refractivity contribution in [3.8, 4) is 5.75 Å². The van der Waals surface area contributed by atoms with E-state index in [-0.39, 0.29) is 34.5 Å². The minimum atomic E-state index is -4.17. The fraction of sp³-hybridized carbons (Fsp3) is 0.0769. The van der Waals surface area contributed by atoms with Crippen molar-refractivity contribution in [2.24, 2.45) is 0 Å². The molecule has 0 spiro atoms. The van der Waals surface area contributed by atoms with Gasteiger partial charge in [-0.3, -0.25) is 4.55 Å². The molecule has 0 saturated heterocycles. The van der Waals surface area contributed by atoms with E-state index >= 15 is 0 Å². The SMILES string of the molecule is O=S(=O)(O)c1ccc(OCc2ccccc2)c(I)c1.[NaH]. The first-order chi connectivity index (χ1) is 8.97. The zero-order valence-corrected chi connectivity index (χ0v) is 12.8. The van der Waals surface area contributed by atoms with E-state index in [1.165, 1.54) is 18.2 Å². The Hall–Kier alpha value is -0.120. The average molecular weight is 414 g/mol. The van der Waals surface area contributed by atoms with Crippen LogP contribution in [0.2, 0.25) is 0 Å². The summed E-state index contributed by atoms with van der Waals surface area (Å²) in [6.45, 7) is 0.405. The first-order valence-corrected chi connectivity index (χ1v) is 7.92. The van der Waals surface area contributed by atoms with Crippen LogP contribution in [0.4, 0.5) is 0 Å². The van der Waals surface area contributed by atoms with E-state index in [9.17, 15) is 8.42 Å². The van der Waals surface area contributed by atoms with Gasteiger partial charge in [-0.15, -0.1) is 0 Å². The standard InChI is InChI=1S/C13H11IO4S.Na.H/c14-12-8-11(19(15,16)17)6-7-13(12)18-9-10-4-2-1-3-5-10;;/h1-8H,9H2,(H,15,16,17);;. The summed E-state index contributed by atoms with van der Waals surface area (Å²) in [4.78, 5) is -0.135. The number of hydrogen-bond acceptors (Lipinski definition) is 3. The van der Waals surface area contributed by atoms with Crippen molar-refractivity contribution in [1.29, 1.82) is 0 Å². The third-order valence-corrected chi connectivity index (χ3v) is 4.13. The molecule has 0 radical (unpaired) electrons. The molecule has 0 amide bonds. The molecule has 4 nitrogen and oxygen atoms in total. The molecule has 0 atom stereocenters. The summed E-state index contributed by atoms with van der Waals surface area (Å²) in [6.07, 6.45) is 0. The predicted octanol–water partition coefficient (Wildman–Crippen LogP) is 2.47. The van der Waals surface area contributed by atoms with Crippen LogP contribution in [-0.4, -0.2) is 42.5 Å². The molecule has 0 aliphatic rings. The molecular formula is C13H12INaO4S. The van der Waals surface area contributed by atoms with E-state index < -0.39 is 10.1 Å². The van der Waals surface area contributed by atoms with Crippen molar-refractivity contribution in [3.05, 3.63) is 57.7 Å². The first kappa shape index (κ1) is 17.9. The Morgan fingerprint density at radius 3 is 2.30 bits per heavy atom. The van der Waals surface area contributed by atoms with Gasteiger partial charge >= 0.3 is 29.6 Å². The van der Waals surface area contributed by atoms with Gasteiger partial charge in [-0.25, -0.2) is 0 Å². The molecule has 0 fully saturated rings. The van der Waals surface area contributed by atoms with Crippen molar-refractivity contribution in [2.75, 3.05) is 0 Å². The Labute approximate surface area is 153 Å². The normalized spacial score (nSPS) is 10.7. The fourth-order valence-corrected chi connectivity index (χ4v) is 2.88. The third-order valence-electron chi connectivity index (χ3n) is 2.44. The molecule has 1 N–H and O–H groups in total. The Morgan fingerprint density at radius 2 is 1.75 bits per heavy atom. The molecule has 2 rings (SSSR count). The molecule has 2 aromatic rings. The van der Waals surface area contributed by atoms with Gasteiger partial charge in [-0.05, 0) is 46.4 Å². The number of ether oxygens (including phenoxy) is 1. The molecule has 102 valence electrons. The van der Waals surface area contributed by atoms with Crippen molar-refractivity contribution in [3.63, 3.8) is 0 Å². The van der Waals surface area contributed by atoms with Crippen LogP contribution in [-0.2, 0) is 16.7 Å². The fourth-order valence-electron chi connectivity index (χ4n) is 1.49. The Balaban J connectivity index is 0.00000200. The van der Waals surface area contributed by atoms with Gasteiger partial charge < -0.3 is 4.74 Å². The summed E-state index contributed by atoms with van der Waals surface area (Å²) in [5.41, 5.74) is 1.03. The second-order valence-corrected chi connectivity index (χ2v) is 6.43. The van der Waals surface area contributed by atoms with E-state index in [1.807, 2.05) is 52.9 Å². The Kier molecular flexibility index (Phi) is 6.96. The van der Waals surface area contributed by atoms with Gasteiger partial charge in [0.2, 0.25) is 0 Å². The van der Waals surface area contributed by atoms with Crippen LogP contribution in [0.5, 0.6) is 5.75 Å². The molecule has 0 saturated carbocycles. The van der Waals surface area contributed by atoms with Crippen molar-refractivity contribution >= 4 is 62.3 Å². The van der Waals surface area contributed by atoms with E-state index in [1.54, 1.807) is 0 Å². The zero-order chi connectivity index (χ0) is 13.9. The second-order valence-electron chi connectivity index (χ2n) is 3.84. The average Bonchev–Trinajstić information content (AvgIpc) is 2.37. The van der Waals surface area contributed by atoms with Crippen molar-refractivity contribution in [2.45, 2.75) is 11.5 Å². The quantitative estimate of drug-likeness (QED) is 0.475. The number of rotatable bonds is 4. The van der Waals surface area contributed by atoms with Crippen LogP contribution in [0.3, 0.4) is 0 Å². The molecule has 0 heterocycles. The summed E-state index contributed by atoms with van der Waals surface area (Å²) in [5.74, 6) is 0.580. The summed E-state index contributed by atoms with van der Waals surface area (Å²) >= 11 is 1.97. The zero-order valence-electron chi connectivity index (χ0n) is 9.78. The first-order valence-electron chi connectivity index (χ1n) is 5.40. The van der Waals surface area contributed by atoms with E-state index in [0.29, 0.717) is 15.9 Å². The molecular weight excluding hydrogens is 402 g/mol. The molecule has 0 aliphatic heterocycles. The van der Waals surface area contributed by atoms with E-state index in [2.05, 4.69) is 0 Å². The Morgan fingerprint density at radius 1 is 1.10 bits per heavy atom. The van der Waals surface area contributed by atoms with Crippen LogP contribution in [0.1, 0.15) is 5.56 Å². The predicted molar refractivity (Wildman–Crippen MR) is 86.9 cm³/mol. The molecule has 0 unspecified atom stereocenters. The number of halogens is 1. The molecule has 20 heavy (non-hydrogen) atoms. The Bertz CT molecular complexity index is 674. The van der Waals surface area contributed by atoms with Crippen LogP contribution in [0, 0.1) is 3.57 Å². The van der Waals surface area contributed by atoms with Crippen molar-refractivity contribution < 1.29 is 17.7 Å². The maximum absolute atomic E-state index is 11.0. The van der Waals surface area contributed by atoms with Crippen LogP contribution >= 0.6 is 22.6 Å². The number of hydrogen-bond donors (Lipinski definition) is 1. The number of benzene rings is 2. The van der Waals surface area contributed by atoms with Crippen molar-refractivity contribution in [1.82, 2.24) is 0 Å². The summed E-state index contributed by atoms with van der Waals surface area (Å²) in [5, 5.41) is 0. The second kappa shape index (κ2) is 7.77. The molecule has 0 aromatic heterocycles. The van der Waals surface area contributed by atoms with E-state index in [0.717, 1.165) is 5.56 Å². The molecule has 0 bridgehead atoms. The summed E-state index contributed by atoms with van der Waals surface area (Å²) in [6, 6.07) is 13.9. The minimum absolute atomic E-state index is 0. The van der Waals surface area contributed by atoms with Crippen LogP contribution in [0.15, 0.2) is 53.4 Å². The summed E-state index contributed by atoms with van der Waals surface area (Å²) in [7, 11) is -4.17. The van der Waals surface area contributed by atoms with Gasteiger partial charge in [0.05, 0.1) is 8.47 Å². The van der Waals surface area contributed by atoms with Crippen LogP contribution in [0.25, 0.3) is 0 Å². The third kappa shape index (κ3) is 5.01. The molecule has 7 heteroatoms. The van der Waals surface area contributed by atoms with Gasteiger partial charge in [-0.1, -0.05) is 30.3 Å². The van der Waals surface area contributed by atoms with Gasteiger partial charge in [0, 0.05) is 0 Å². The van der Waals surface area contributed by atoms with Gasteiger partial charge in [0.25, 0.3) is 10.1 Å². The monoisotopic (exact) mass is 414 g/mol.